The van der Waals surface area contributed by atoms with Gasteiger partial charge in [-0.25, -0.2) is 24.0 Å². The van der Waals surface area contributed by atoms with Crippen LogP contribution in [0.5, 0.6) is 0 Å². The summed E-state index contributed by atoms with van der Waals surface area (Å²) in [6.45, 7) is 1.25. The molecule has 0 bridgehead atoms. The highest BCUT2D eigenvalue weighted by atomic mass is 16.5. The minimum atomic E-state index is -0.440. The lowest BCUT2D eigenvalue weighted by Gasteiger charge is -2.14. The molecule has 0 aromatic heterocycles. The van der Waals surface area contributed by atoms with Crippen LogP contribution in [0.4, 0.5) is 62.6 Å². The van der Waals surface area contributed by atoms with Crippen LogP contribution in [0.3, 0.4) is 0 Å². The molecule has 0 saturated carbocycles. The number of imide groups is 2. The maximum atomic E-state index is 12.7. The SMILES string of the molecule is COC(=O)c1cccc(N)c1.COC(=O)c1cccc(N)c1.COC(=O)c1cccc(N)c1.COC(=O)c1cccc(N=Nc2cccc(C(=O)OC)c2)c1.NCc1cccc(N=Nc2cccc(CN)c2)c1.O=C1c2ccccc2C(=O)N1Cc1cccc(N=Nc2cccc(CN3C(=O)c4ccccc4C3=O)c2)c1.OCc1cccc(N=Nc2cccc(CO)c2)c1. The number of esters is 5. The third kappa shape index (κ3) is 29.1. The standard InChI is InChI=1S/C30H20N4O4.C16H14N2O4.C14H16N4.C14H14N2O2.3C8H9NO2/c35-27-23-11-1-2-12-24(23)28(36)33(27)17-19-7-5-9-21(15-19)31-32-22-10-6-8-20(16-22)18-34-29(37)25-13-3-4-14-26(25)30(34)38;1-21-15(19)11-5-3-7-13(9-11)17-18-14-8-4-6-12(10-14)16(20)22-2;15-9-11-3-1-5-13(7-11)17-18-14-6-2-4-12(8-14)10-16;17-9-11-3-1-5-13(7-11)15-16-14-6-2-4-12(8-14)10-18;3*1-11-8(10)6-3-2-4-7(9)5-6/h1-16H,17-18H2;3-10H,1-2H3;1-8H,9-10,15-16H2;1-8,17-18H,9-10H2;3*2-5H,9H2,1H3. The molecule has 2 aliphatic heterocycles. The Bertz CT molecular complexity index is 5670. The summed E-state index contributed by atoms with van der Waals surface area (Å²) in [5.74, 6) is -3.22. The molecule has 2 aliphatic rings. The number of ether oxygens (including phenoxy) is 5. The number of nitrogens with two attached hydrogens (primary N) is 5. The Kier molecular flexibility index (Phi) is 36.8. The van der Waals surface area contributed by atoms with Crippen LogP contribution in [0.25, 0.3) is 0 Å². The molecule has 31 heteroatoms. The number of hydrogen-bond acceptors (Lipinski definition) is 29. The molecule has 0 unspecified atom stereocenters. The first kappa shape index (κ1) is 96.0. The molecule has 15 rings (SSSR count). The number of fused-ring (bicyclic) bond motifs is 2. The quantitative estimate of drug-likeness (QED) is 0.0115. The van der Waals surface area contributed by atoms with Gasteiger partial charge >= 0.3 is 29.8 Å². The molecule has 129 heavy (non-hydrogen) atoms. The molecule has 654 valence electrons. The summed E-state index contributed by atoms with van der Waals surface area (Å²) >= 11 is 0. The molecule has 2 heterocycles. The minimum absolute atomic E-state index is 0.0106. The van der Waals surface area contributed by atoms with Crippen molar-refractivity contribution in [1.82, 2.24) is 9.80 Å². The van der Waals surface area contributed by atoms with Gasteiger partial charge in [0.1, 0.15) is 0 Å². The average Bonchev–Trinajstić information content (AvgIpc) is 1.64. The number of carbonyl (C=O) groups excluding carboxylic acids is 9. The number of rotatable bonds is 21. The van der Waals surface area contributed by atoms with Crippen LogP contribution in [-0.4, -0.2) is 109 Å². The van der Waals surface area contributed by atoms with Crippen molar-refractivity contribution in [3.8, 4) is 0 Å². The Morgan fingerprint density at radius 2 is 0.450 bits per heavy atom. The van der Waals surface area contributed by atoms with Crippen LogP contribution < -0.4 is 28.7 Å². The van der Waals surface area contributed by atoms with Crippen molar-refractivity contribution in [3.63, 3.8) is 0 Å². The maximum Gasteiger partial charge on any atom is 0.337 e. The van der Waals surface area contributed by atoms with Gasteiger partial charge in [-0.15, -0.1) is 0 Å². The topological polar surface area (TPSA) is 476 Å². The molecule has 0 aliphatic carbocycles. The summed E-state index contributed by atoms with van der Waals surface area (Å²) < 4.78 is 22.8. The highest BCUT2D eigenvalue weighted by molar-refractivity contribution is 6.22. The van der Waals surface area contributed by atoms with Crippen molar-refractivity contribution in [2.24, 2.45) is 52.4 Å². The van der Waals surface area contributed by atoms with Gasteiger partial charge in [-0.05, 0) is 221 Å². The van der Waals surface area contributed by atoms with Gasteiger partial charge in [0, 0.05) is 30.2 Å². The zero-order valence-electron chi connectivity index (χ0n) is 70.7. The second-order valence-electron chi connectivity index (χ2n) is 27.5. The predicted molar refractivity (Wildman–Crippen MR) is 486 cm³/mol. The van der Waals surface area contributed by atoms with E-state index in [-0.39, 0.29) is 67.8 Å². The molecule has 0 spiro atoms. The number of amides is 4. The second-order valence-corrected chi connectivity index (χ2v) is 27.5. The Balaban J connectivity index is 0.000000179. The largest absolute Gasteiger partial charge is 0.465 e. The van der Waals surface area contributed by atoms with E-state index in [0.717, 1.165) is 44.8 Å². The van der Waals surface area contributed by atoms with Gasteiger partial charge in [0.25, 0.3) is 23.6 Å². The number of nitrogen functional groups attached to an aromatic ring is 3. The summed E-state index contributed by atoms with van der Waals surface area (Å²) in [5, 5.41) is 51.3. The van der Waals surface area contributed by atoms with E-state index in [9.17, 15) is 43.2 Å². The number of benzene rings is 13. The van der Waals surface area contributed by atoms with Gasteiger partial charge in [0.2, 0.25) is 0 Å². The lowest BCUT2D eigenvalue weighted by Crippen LogP contribution is -2.29. The van der Waals surface area contributed by atoms with Crippen molar-refractivity contribution < 1.29 is 77.0 Å². The summed E-state index contributed by atoms with van der Waals surface area (Å²) in [7, 11) is 6.65. The third-order valence-electron chi connectivity index (χ3n) is 18.3. The van der Waals surface area contributed by atoms with E-state index in [1.807, 2.05) is 97.1 Å². The summed E-state index contributed by atoms with van der Waals surface area (Å²) in [6, 6.07) is 91.0. The van der Waals surface area contributed by atoms with Crippen molar-refractivity contribution in [2.45, 2.75) is 39.4 Å². The fourth-order valence-corrected chi connectivity index (χ4v) is 11.9. The van der Waals surface area contributed by atoms with E-state index in [1.54, 1.807) is 218 Å². The smallest absolute Gasteiger partial charge is 0.337 e. The average molecular weight is 1730 g/mol. The molecule has 4 amide bonds. The zero-order valence-corrected chi connectivity index (χ0v) is 70.7. The van der Waals surface area contributed by atoms with Gasteiger partial charge in [-0.2, -0.15) is 40.9 Å². The normalized spacial score (nSPS) is 11.5. The Morgan fingerprint density at radius 1 is 0.256 bits per heavy atom. The zero-order chi connectivity index (χ0) is 92.6. The molecular formula is C98H91N15O16. The molecule has 0 radical (unpaired) electrons. The van der Waals surface area contributed by atoms with Gasteiger partial charge in [-0.1, -0.05) is 127 Å². The van der Waals surface area contributed by atoms with Crippen LogP contribution in [0.1, 0.15) is 127 Å². The number of azo groups is 4. The highest BCUT2D eigenvalue weighted by Gasteiger charge is 2.36. The van der Waals surface area contributed by atoms with Crippen LogP contribution in [0.2, 0.25) is 0 Å². The predicted octanol–water partition coefficient (Wildman–Crippen LogP) is 18.6. The number of aliphatic hydroxyl groups excluding tert-OH is 2. The second kappa shape index (κ2) is 49.4. The Morgan fingerprint density at radius 3 is 0.674 bits per heavy atom. The summed E-state index contributed by atoms with van der Waals surface area (Å²) in [6.07, 6.45) is 0. The van der Waals surface area contributed by atoms with E-state index in [4.69, 9.17) is 38.9 Å². The van der Waals surface area contributed by atoms with Crippen molar-refractivity contribution in [2.75, 3.05) is 52.7 Å². The molecule has 13 aromatic rings. The fourth-order valence-electron chi connectivity index (χ4n) is 11.9. The van der Waals surface area contributed by atoms with Gasteiger partial charge < -0.3 is 62.6 Å². The molecule has 0 saturated heterocycles. The molecule has 12 N–H and O–H groups in total. The molecule has 31 nitrogen and oxygen atoms in total. The van der Waals surface area contributed by atoms with E-state index >= 15 is 0 Å². The van der Waals surface area contributed by atoms with E-state index < -0.39 is 11.9 Å². The van der Waals surface area contributed by atoms with Crippen molar-refractivity contribution >= 4 is 116 Å². The number of carbonyl (C=O) groups is 9. The maximum absolute atomic E-state index is 12.7. The van der Waals surface area contributed by atoms with Crippen LogP contribution in [0, 0.1) is 0 Å². The summed E-state index contributed by atoms with van der Waals surface area (Å²) in [4.78, 5) is 109. The number of methoxy groups -OCH3 is 5. The van der Waals surface area contributed by atoms with Crippen LogP contribution in [0.15, 0.2) is 356 Å². The molecule has 13 aromatic carbocycles. The molecule has 0 fully saturated rings. The van der Waals surface area contributed by atoms with Crippen LogP contribution in [-0.2, 0) is 63.1 Å². The fraction of sp³-hybridized carbons (Fsp3) is 0.112. The summed E-state index contributed by atoms with van der Waals surface area (Å²) in [5.41, 5.74) is 43.3. The monoisotopic (exact) mass is 1730 g/mol. The number of aliphatic hydroxyl groups is 2. The highest BCUT2D eigenvalue weighted by Crippen LogP contribution is 2.31. The van der Waals surface area contributed by atoms with Crippen molar-refractivity contribution in [1.29, 1.82) is 0 Å². The first-order valence-electron chi connectivity index (χ1n) is 39.4. The van der Waals surface area contributed by atoms with Gasteiger partial charge in [-0.3, -0.25) is 29.0 Å². The van der Waals surface area contributed by atoms with E-state index in [1.165, 1.54) is 45.3 Å². The van der Waals surface area contributed by atoms with E-state index in [2.05, 4.69) is 64.6 Å². The number of hydrogen-bond donors (Lipinski definition) is 7. The van der Waals surface area contributed by atoms with Gasteiger partial charge in [0.15, 0.2) is 0 Å². The van der Waals surface area contributed by atoms with Crippen molar-refractivity contribution in [3.05, 3.63) is 399 Å². The first-order valence-corrected chi connectivity index (χ1v) is 39.4. The lowest BCUT2D eigenvalue weighted by atomic mass is 10.1. The Hall–Kier alpha value is -16.9. The Labute approximate surface area is 742 Å². The minimum Gasteiger partial charge on any atom is -0.465 e. The first-order chi connectivity index (χ1) is 62.5. The van der Waals surface area contributed by atoms with E-state index in [0.29, 0.717) is 114 Å². The lowest BCUT2D eigenvalue weighted by molar-refractivity contribution is 0.0592. The number of nitrogens with zero attached hydrogens (tertiary/aromatic N) is 10. The number of anilines is 3. The van der Waals surface area contributed by atoms with Gasteiger partial charge in [0.05, 0.1) is 157 Å². The van der Waals surface area contributed by atoms with Crippen LogP contribution >= 0.6 is 0 Å². The molecular weight excluding hydrogens is 1640 g/mol. The molecule has 0 atom stereocenters. The third-order valence-corrected chi connectivity index (χ3v) is 18.3.